The Balaban J connectivity index is 1.55. The minimum Gasteiger partial charge on any atom is -0.443 e. The molecule has 1 aliphatic heterocycles. The predicted molar refractivity (Wildman–Crippen MR) is 100 cm³/mol. The van der Waals surface area contributed by atoms with E-state index < -0.39 is 24.1 Å². The maximum atomic E-state index is 12.3. The second-order valence-corrected chi connectivity index (χ2v) is 6.85. The summed E-state index contributed by atoms with van der Waals surface area (Å²) in [7, 11) is 0. The summed E-state index contributed by atoms with van der Waals surface area (Å²) in [5.74, 6) is 0.728. The van der Waals surface area contributed by atoms with Crippen molar-refractivity contribution < 1.29 is 28.8 Å². The normalized spacial score (nSPS) is 22.3. The van der Waals surface area contributed by atoms with E-state index in [0.29, 0.717) is 31.6 Å². The number of rotatable bonds is 11. The van der Waals surface area contributed by atoms with Gasteiger partial charge in [-0.2, -0.15) is 4.98 Å². The van der Waals surface area contributed by atoms with Gasteiger partial charge >= 0.3 is 5.69 Å². The van der Waals surface area contributed by atoms with Crippen molar-refractivity contribution in [1.29, 1.82) is 0 Å². The van der Waals surface area contributed by atoms with Gasteiger partial charge < -0.3 is 28.8 Å². The van der Waals surface area contributed by atoms with Crippen LogP contribution in [-0.2, 0) is 20.6 Å². The summed E-state index contributed by atoms with van der Waals surface area (Å²) in [5, 5.41) is 19.8. The molecule has 1 saturated heterocycles. The van der Waals surface area contributed by atoms with Crippen LogP contribution in [0.3, 0.4) is 0 Å². The van der Waals surface area contributed by atoms with Gasteiger partial charge in [-0.15, -0.1) is 0 Å². The summed E-state index contributed by atoms with van der Waals surface area (Å²) < 4.78 is 23.4. The molecular weight excluding hydrogens is 368 g/mol. The average molecular weight is 396 g/mol. The van der Waals surface area contributed by atoms with Crippen LogP contribution in [0.2, 0.25) is 0 Å². The fraction of sp³-hybridized carbons (Fsp3) is 0.684. The van der Waals surface area contributed by atoms with Crippen molar-refractivity contribution in [1.82, 2.24) is 9.55 Å². The SMILES string of the molecule is CCCOCCOCCCc1cc2cn([C@H]3C[C@H](O)[C@@H](CO)O3)c(=O)nc2o1. The molecule has 2 aromatic heterocycles. The number of aryl methyl sites for hydroxylation is 1. The first kappa shape index (κ1) is 20.9. The van der Waals surface area contributed by atoms with E-state index in [2.05, 4.69) is 11.9 Å². The van der Waals surface area contributed by atoms with Gasteiger partial charge in [0, 0.05) is 32.3 Å². The lowest BCUT2D eigenvalue weighted by Gasteiger charge is -2.13. The van der Waals surface area contributed by atoms with E-state index in [0.717, 1.165) is 25.2 Å². The van der Waals surface area contributed by atoms with Gasteiger partial charge in [0.15, 0.2) is 0 Å². The van der Waals surface area contributed by atoms with Crippen LogP contribution in [0.15, 0.2) is 21.5 Å². The van der Waals surface area contributed by atoms with Gasteiger partial charge in [-0.05, 0) is 18.9 Å². The average Bonchev–Trinajstić information content (AvgIpc) is 3.25. The Hall–Kier alpha value is -1.78. The molecule has 0 radical (unpaired) electrons. The molecule has 0 aromatic carbocycles. The topological polar surface area (TPSA) is 116 Å². The van der Waals surface area contributed by atoms with Crippen molar-refractivity contribution in [3.8, 4) is 0 Å². The molecule has 0 aliphatic carbocycles. The molecule has 156 valence electrons. The van der Waals surface area contributed by atoms with Crippen LogP contribution >= 0.6 is 0 Å². The first-order chi connectivity index (χ1) is 13.6. The third-order valence-corrected chi connectivity index (χ3v) is 4.61. The quantitative estimate of drug-likeness (QED) is 0.541. The van der Waals surface area contributed by atoms with Crippen LogP contribution in [0.4, 0.5) is 0 Å². The zero-order chi connectivity index (χ0) is 19.9. The Labute approximate surface area is 162 Å². The molecule has 1 aliphatic rings. The fourth-order valence-electron chi connectivity index (χ4n) is 3.17. The molecule has 1 fully saturated rings. The minimum absolute atomic E-state index is 0.225. The zero-order valence-electron chi connectivity index (χ0n) is 16.1. The number of aromatic nitrogens is 2. The Morgan fingerprint density at radius 2 is 2.07 bits per heavy atom. The monoisotopic (exact) mass is 396 g/mol. The standard InChI is InChI=1S/C19H28N2O7/c1-2-5-25-7-8-26-6-3-4-14-9-13-11-21(19(24)20-18(13)27-14)17-10-15(23)16(12-22)28-17/h9,11,15-17,22-23H,2-8,10,12H2,1H3/t15-,16+,17+/m0/s1. The highest BCUT2D eigenvalue weighted by Crippen LogP contribution is 2.28. The summed E-state index contributed by atoms with van der Waals surface area (Å²) in [5.41, 5.74) is -0.234. The molecule has 9 nitrogen and oxygen atoms in total. The van der Waals surface area contributed by atoms with Crippen molar-refractivity contribution in [2.24, 2.45) is 0 Å². The van der Waals surface area contributed by atoms with Gasteiger partial charge in [0.2, 0.25) is 5.71 Å². The van der Waals surface area contributed by atoms with Crippen LogP contribution in [0, 0.1) is 0 Å². The van der Waals surface area contributed by atoms with E-state index in [1.165, 1.54) is 4.57 Å². The van der Waals surface area contributed by atoms with Crippen LogP contribution in [-0.4, -0.2) is 65.0 Å². The smallest absolute Gasteiger partial charge is 0.353 e. The zero-order valence-corrected chi connectivity index (χ0v) is 16.1. The number of nitrogens with zero attached hydrogens (tertiary/aromatic N) is 2. The van der Waals surface area contributed by atoms with E-state index in [9.17, 15) is 15.0 Å². The largest absolute Gasteiger partial charge is 0.443 e. The summed E-state index contributed by atoms with van der Waals surface area (Å²) in [6.45, 7) is 4.29. The molecule has 0 spiro atoms. The second-order valence-electron chi connectivity index (χ2n) is 6.85. The third kappa shape index (κ3) is 5.18. The molecule has 2 aromatic rings. The number of hydrogen-bond donors (Lipinski definition) is 2. The summed E-state index contributed by atoms with van der Waals surface area (Å²) in [4.78, 5) is 16.2. The van der Waals surface area contributed by atoms with Crippen molar-refractivity contribution in [2.75, 3.05) is 33.0 Å². The molecule has 3 heterocycles. The van der Waals surface area contributed by atoms with Crippen LogP contribution in [0.25, 0.3) is 11.1 Å². The lowest BCUT2D eigenvalue weighted by molar-refractivity contribution is -0.0457. The molecule has 0 bridgehead atoms. The summed E-state index contributed by atoms with van der Waals surface area (Å²) in [6.07, 6.45) is 2.14. The molecule has 0 saturated carbocycles. The minimum atomic E-state index is -0.815. The number of aliphatic hydroxyl groups is 2. The van der Waals surface area contributed by atoms with Gasteiger partial charge in [-0.1, -0.05) is 6.92 Å². The molecule has 2 N–H and O–H groups in total. The van der Waals surface area contributed by atoms with Gasteiger partial charge in [-0.3, -0.25) is 4.57 Å². The number of hydrogen-bond acceptors (Lipinski definition) is 8. The third-order valence-electron chi connectivity index (χ3n) is 4.61. The highest BCUT2D eigenvalue weighted by Gasteiger charge is 2.35. The number of fused-ring (bicyclic) bond motifs is 1. The molecule has 0 unspecified atom stereocenters. The highest BCUT2D eigenvalue weighted by molar-refractivity contribution is 5.72. The van der Waals surface area contributed by atoms with E-state index in [-0.39, 0.29) is 18.7 Å². The van der Waals surface area contributed by atoms with Crippen molar-refractivity contribution in [2.45, 2.75) is 51.0 Å². The van der Waals surface area contributed by atoms with Gasteiger partial charge in [0.25, 0.3) is 0 Å². The molecule has 0 amide bonds. The van der Waals surface area contributed by atoms with E-state index in [1.54, 1.807) is 6.20 Å². The second kappa shape index (κ2) is 10.1. The molecule has 3 atom stereocenters. The first-order valence-electron chi connectivity index (χ1n) is 9.73. The summed E-state index contributed by atoms with van der Waals surface area (Å²) >= 11 is 0. The molecular formula is C19H28N2O7. The molecule has 28 heavy (non-hydrogen) atoms. The van der Waals surface area contributed by atoms with Crippen LogP contribution < -0.4 is 5.69 Å². The predicted octanol–water partition coefficient (Wildman–Crippen LogP) is 1.01. The number of furan rings is 1. The Bertz CT molecular complexity index is 803. The van der Waals surface area contributed by atoms with E-state index >= 15 is 0 Å². The Morgan fingerprint density at radius 3 is 2.79 bits per heavy atom. The van der Waals surface area contributed by atoms with Gasteiger partial charge in [-0.25, -0.2) is 4.79 Å². The lowest BCUT2D eigenvalue weighted by atomic mass is 10.2. The maximum Gasteiger partial charge on any atom is 0.353 e. The molecule has 3 rings (SSSR count). The Kier molecular flexibility index (Phi) is 7.57. The molecule has 9 heteroatoms. The summed E-state index contributed by atoms with van der Waals surface area (Å²) in [6, 6.07) is 1.84. The number of ether oxygens (including phenoxy) is 3. The van der Waals surface area contributed by atoms with Gasteiger partial charge in [0.05, 0.1) is 31.3 Å². The fourth-order valence-corrected chi connectivity index (χ4v) is 3.17. The van der Waals surface area contributed by atoms with Crippen LogP contribution in [0.5, 0.6) is 0 Å². The van der Waals surface area contributed by atoms with Gasteiger partial charge in [0.1, 0.15) is 18.1 Å². The lowest BCUT2D eigenvalue weighted by Crippen LogP contribution is -2.27. The maximum absolute atomic E-state index is 12.3. The first-order valence-corrected chi connectivity index (χ1v) is 9.73. The van der Waals surface area contributed by atoms with Crippen molar-refractivity contribution in [3.63, 3.8) is 0 Å². The van der Waals surface area contributed by atoms with Crippen molar-refractivity contribution >= 4 is 11.1 Å². The Morgan fingerprint density at radius 1 is 1.29 bits per heavy atom. The van der Waals surface area contributed by atoms with Crippen LogP contribution in [0.1, 0.15) is 38.2 Å². The number of aliphatic hydroxyl groups excluding tert-OH is 2. The highest BCUT2D eigenvalue weighted by atomic mass is 16.5. The van der Waals surface area contributed by atoms with Crippen molar-refractivity contribution in [3.05, 3.63) is 28.5 Å². The van der Waals surface area contributed by atoms with E-state index in [1.807, 2.05) is 6.07 Å². The van der Waals surface area contributed by atoms with E-state index in [4.69, 9.17) is 18.6 Å².